The molecule has 1 aliphatic rings. The normalized spacial score (nSPS) is 11.9. The maximum atomic E-state index is 4.54. The van der Waals surface area contributed by atoms with Gasteiger partial charge < -0.3 is 30.7 Å². The SMILES string of the molecule is CC(C)(C)I.CC(C)C.CCCNc1nc(NC)c2c(n1)N(C)CC2.CCCNc1nc(NC)c2ccn(C)c2n1. The number of halogens is 1. The van der Waals surface area contributed by atoms with Crippen molar-refractivity contribution in [3.63, 3.8) is 0 Å². The molecule has 3 aromatic heterocycles. The minimum atomic E-state index is 0.470. The summed E-state index contributed by atoms with van der Waals surface area (Å²) in [5.74, 6) is 5.11. The van der Waals surface area contributed by atoms with Crippen molar-refractivity contribution in [3.05, 3.63) is 17.8 Å². The van der Waals surface area contributed by atoms with Gasteiger partial charge in [-0.05, 0) is 31.2 Å². The molecule has 0 saturated carbocycles. The summed E-state index contributed by atoms with van der Waals surface area (Å²) in [7, 11) is 7.84. The van der Waals surface area contributed by atoms with Crippen molar-refractivity contribution in [2.75, 3.05) is 66.9 Å². The number of anilines is 5. The number of nitrogens with zero attached hydrogens (tertiary/aromatic N) is 6. The van der Waals surface area contributed by atoms with Crippen LogP contribution in [0.2, 0.25) is 0 Å². The summed E-state index contributed by atoms with van der Waals surface area (Å²) in [6.45, 7) is 20.1. The Labute approximate surface area is 262 Å². The highest BCUT2D eigenvalue weighted by Crippen LogP contribution is 2.30. The van der Waals surface area contributed by atoms with Crippen molar-refractivity contribution in [2.45, 2.75) is 78.1 Å². The third-order valence-corrected chi connectivity index (χ3v) is 5.31. The monoisotopic (exact) mass is 682 g/mol. The molecule has 3 aromatic rings. The molecule has 4 rings (SSSR count). The average molecular weight is 683 g/mol. The van der Waals surface area contributed by atoms with E-state index in [1.807, 2.05) is 38.0 Å². The summed E-state index contributed by atoms with van der Waals surface area (Å²) >= 11 is 2.38. The van der Waals surface area contributed by atoms with E-state index < -0.39 is 0 Å². The van der Waals surface area contributed by atoms with Gasteiger partial charge in [0.2, 0.25) is 11.9 Å². The van der Waals surface area contributed by atoms with Gasteiger partial charge in [0, 0.05) is 63.0 Å². The number of hydrogen-bond acceptors (Lipinski definition) is 9. The quantitative estimate of drug-likeness (QED) is 0.147. The van der Waals surface area contributed by atoms with E-state index >= 15 is 0 Å². The van der Waals surface area contributed by atoms with E-state index in [0.717, 1.165) is 79.2 Å². The van der Waals surface area contributed by atoms with Crippen molar-refractivity contribution in [1.82, 2.24) is 24.5 Å². The maximum absolute atomic E-state index is 4.54. The van der Waals surface area contributed by atoms with Crippen LogP contribution in [0.15, 0.2) is 12.3 Å². The lowest BCUT2D eigenvalue weighted by molar-refractivity contribution is 0.737. The molecule has 0 aromatic carbocycles. The van der Waals surface area contributed by atoms with Gasteiger partial charge in [0.15, 0.2) is 0 Å². The predicted molar refractivity (Wildman–Crippen MR) is 188 cm³/mol. The van der Waals surface area contributed by atoms with Crippen molar-refractivity contribution in [1.29, 1.82) is 0 Å². The minimum absolute atomic E-state index is 0.470. The molecule has 0 spiro atoms. The molecule has 1 aliphatic heterocycles. The second kappa shape index (κ2) is 18.1. The van der Waals surface area contributed by atoms with Crippen LogP contribution in [-0.2, 0) is 13.5 Å². The highest BCUT2D eigenvalue weighted by molar-refractivity contribution is 14.1. The summed E-state index contributed by atoms with van der Waals surface area (Å²) in [5.41, 5.74) is 2.17. The van der Waals surface area contributed by atoms with E-state index in [0.29, 0.717) is 9.37 Å². The van der Waals surface area contributed by atoms with E-state index in [4.69, 9.17) is 0 Å². The molecular weight excluding hydrogens is 627 g/mol. The second-order valence-electron chi connectivity index (χ2n) is 11.6. The number of hydrogen-bond donors (Lipinski definition) is 4. The summed E-state index contributed by atoms with van der Waals surface area (Å²) in [6, 6.07) is 2.02. The van der Waals surface area contributed by atoms with Crippen LogP contribution in [0.3, 0.4) is 0 Å². The van der Waals surface area contributed by atoms with Crippen molar-refractivity contribution in [2.24, 2.45) is 13.0 Å². The van der Waals surface area contributed by atoms with Crippen LogP contribution >= 0.6 is 22.6 Å². The van der Waals surface area contributed by atoms with Crippen molar-refractivity contribution in [3.8, 4) is 0 Å². The van der Waals surface area contributed by atoms with Gasteiger partial charge in [-0.25, -0.2) is 0 Å². The van der Waals surface area contributed by atoms with Crippen LogP contribution in [0.25, 0.3) is 11.0 Å². The zero-order chi connectivity index (χ0) is 31.2. The number of fused-ring (bicyclic) bond motifs is 2. The minimum Gasteiger partial charge on any atom is -0.373 e. The molecule has 0 radical (unpaired) electrons. The topological polar surface area (TPSA) is 108 Å². The predicted octanol–water partition coefficient (Wildman–Crippen LogP) is 7.05. The van der Waals surface area contributed by atoms with Gasteiger partial charge in [0.1, 0.15) is 23.1 Å². The van der Waals surface area contributed by atoms with Gasteiger partial charge in [-0.15, -0.1) is 0 Å². The smallest absolute Gasteiger partial charge is 0.226 e. The molecule has 10 nitrogen and oxygen atoms in total. The number of rotatable bonds is 8. The maximum Gasteiger partial charge on any atom is 0.226 e. The lowest BCUT2D eigenvalue weighted by Gasteiger charge is -2.14. The molecule has 0 saturated heterocycles. The van der Waals surface area contributed by atoms with Crippen LogP contribution in [0.1, 0.15) is 73.8 Å². The molecule has 0 atom stereocenters. The Morgan fingerprint density at radius 3 is 1.85 bits per heavy atom. The first-order valence-corrected chi connectivity index (χ1v) is 15.8. The van der Waals surface area contributed by atoms with E-state index in [2.05, 4.69) is 131 Å². The fourth-order valence-corrected chi connectivity index (χ4v) is 3.57. The fraction of sp³-hybridized carbons (Fsp3) is 0.667. The lowest BCUT2D eigenvalue weighted by Crippen LogP contribution is -2.15. The van der Waals surface area contributed by atoms with Gasteiger partial charge >= 0.3 is 0 Å². The molecule has 0 aliphatic carbocycles. The Bertz CT molecular complexity index is 1160. The molecule has 4 N–H and O–H groups in total. The largest absolute Gasteiger partial charge is 0.373 e. The fourth-order valence-electron chi connectivity index (χ4n) is 3.57. The third kappa shape index (κ3) is 13.3. The Morgan fingerprint density at radius 1 is 0.878 bits per heavy atom. The van der Waals surface area contributed by atoms with Crippen LogP contribution in [-0.4, -0.2) is 68.7 Å². The summed E-state index contributed by atoms with van der Waals surface area (Å²) < 4.78 is 2.47. The van der Waals surface area contributed by atoms with E-state index in [1.54, 1.807) is 0 Å². The molecule has 232 valence electrons. The van der Waals surface area contributed by atoms with Crippen LogP contribution in [0.4, 0.5) is 29.4 Å². The summed E-state index contributed by atoms with van der Waals surface area (Å²) in [5, 5.41) is 13.7. The second-order valence-corrected chi connectivity index (χ2v) is 14.8. The molecule has 0 unspecified atom stereocenters. The van der Waals surface area contributed by atoms with Gasteiger partial charge in [-0.1, -0.05) is 78.0 Å². The Balaban J connectivity index is 0.000000318. The van der Waals surface area contributed by atoms with E-state index in [9.17, 15) is 0 Å². The number of aromatic nitrogens is 5. The van der Waals surface area contributed by atoms with Crippen LogP contribution < -0.4 is 26.2 Å². The molecule has 0 fully saturated rings. The molecular formula is C30H55IN10. The van der Waals surface area contributed by atoms with Crippen LogP contribution in [0, 0.1) is 5.92 Å². The zero-order valence-electron chi connectivity index (χ0n) is 27.5. The number of aryl methyl sites for hydroxylation is 1. The van der Waals surface area contributed by atoms with Crippen LogP contribution in [0.5, 0.6) is 0 Å². The summed E-state index contributed by atoms with van der Waals surface area (Å²) in [4.78, 5) is 20.1. The Hall–Kier alpha value is -2.57. The van der Waals surface area contributed by atoms with Gasteiger partial charge in [0.05, 0.1) is 5.39 Å². The number of nitrogens with one attached hydrogen (secondary N) is 4. The highest BCUT2D eigenvalue weighted by Gasteiger charge is 2.22. The van der Waals surface area contributed by atoms with Gasteiger partial charge in [-0.3, -0.25) is 0 Å². The van der Waals surface area contributed by atoms with E-state index in [-0.39, 0.29) is 0 Å². The van der Waals surface area contributed by atoms with E-state index in [1.165, 1.54) is 5.56 Å². The third-order valence-electron chi connectivity index (χ3n) is 5.31. The zero-order valence-corrected chi connectivity index (χ0v) is 29.7. The van der Waals surface area contributed by atoms with Gasteiger partial charge in [0.25, 0.3) is 0 Å². The molecule has 0 amide bonds. The molecule has 41 heavy (non-hydrogen) atoms. The Kier molecular flexibility index (Phi) is 16.1. The lowest BCUT2D eigenvalue weighted by atomic mass is 10.2. The van der Waals surface area contributed by atoms with Gasteiger partial charge in [-0.2, -0.15) is 19.9 Å². The highest BCUT2D eigenvalue weighted by atomic mass is 127. The first kappa shape index (κ1) is 36.5. The number of likely N-dealkylation sites (N-methyl/N-ethyl adjacent to an activating group) is 1. The number of alkyl halides is 1. The Morgan fingerprint density at radius 2 is 1.37 bits per heavy atom. The standard InChI is InChI=1S/C11H19N5.C11H17N5.C4H9I.C4H10/c2*1-4-6-13-11-14-9(12-2)8-5-7-16(3)10(8)15-11;1-4(2,3)5;1-4(2)3/h4-7H2,1-3H3,(H2,12,13,14,15);5,7H,4,6H2,1-3H3,(H2,12,13,14,15);1-3H3;4H,1-3H3. The first-order valence-electron chi connectivity index (χ1n) is 14.7. The summed E-state index contributed by atoms with van der Waals surface area (Å²) in [6.07, 6.45) is 5.15. The van der Waals surface area contributed by atoms with Crippen molar-refractivity contribution < 1.29 is 0 Å². The average Bonchev–Trinajstić information content (AvgIpc) is 3.46. The first-order chi connectivity index (χ1) is 19.2. The molecule has 0 bridgehead atoms. The van der Waals surface area contributed by atoms with Crippen molar-refractivity contribution >= 4 is 63.0 Å². The molecule has 4 heterocycles. The molecule has 11 heteroatoms.